The van der Waals surface area contributed by atoms with Gasteiger partial charge in [0.15, 0.2) is 0 Å². The van der Waals surface area contributed by atoms with Crippen molar-refractivity contribution in [3.05, 3.63) is 0 Å². The van der Waals surface area contributed by atoms with Crippen LogP contribution in [-0.4, -0.2) is 23.0 Å². The van der Waals surface area contributed by atoms with Gasteiger partial charge in [0.25, 0.3) is 0 Å². The van der Waals surface area contributed by atoms with Gasteiger partial charge in [-0.1, -0.05) is 13.8 Å². The van der Waals surface area contributed by atoms with Crippen LogP contribution < -0.4 is 0 Å². The molecule has 0 atom stereocenters. The Labute approximate surface area is 96.8 Å². The molecule has 0 spiro atoms. The summed E-state index contributed by atoms with van der Waals surface area (Å²) in [5.74, 6) is -0.205. The number of hydrogen-bond donors (Lipinski definition) is 0. The third-order valence-electron chi connectivity index (χ3n) is 1.45. The number of hydrogen-bond acceptors (Lipinski definition) is 4. The third-order valence-corrected chi connectivity index (χ3v) is 2.29. The topological polar surface area (TPSA) is 38.7 Å². The van der Waals surface area contributed by atoms with Crippen molar-refractivity contribution in [3.8, 4) is 0 Å². The molecule has 0 aliphatic heterocycles. The average Bonchev–Trinajstić information content (AvgIpc) is 2.01. The number of nitrogens with zero attached hydrogens (tertiary/aromatic N) is 1. The van der Waals surface area contributed by atoms with E-state index in [-0.39, 0.29) is 16.6 Å². The van der Waals surface area contributed by atoms with E-state index in [0.29, 0.717) is 12.3 Å². The molecule has 15 heavy (non-hydrogen) atoms. The SMILES string of the molecule is CCOC(=O)/C(=N/SC(C)(C)C)C(C)C. The zero-order valence-electron chi connectivity index (χ0n) is 10.5. The van der Waals surface area contributed by atoms with Crippen molar-refractivity contribution in [2.45, 2.75) is 46.3 Å². The Morgan fingerprint density at radius 3 is 2.27 bits per heavy atom. The van der Waals surface area contributed by atoms with Crippen LogP contribution in [0.25, 0.3) is 0 Å². The van der Waals surface area contributed by atoms with Crippen molar-refractivity contribution < 1.29 is 9.53 Å². The minimum absolute atomic E-state index is 0.0205. The van der Waals surface area contributed by atoms with E-state index < -0.39 is 0 Å². The molecule has 4 heteroatoms. The van der Waals surface area contributed by atoms with Crippen LogP contribution in [0.4, 0.5) is 0 Å². The minimum atomic E-state index is -0.302. The largest absolute Gasteiger partial charge is 0.461 e. The highest BCUT2D eigenvalue weighted by Crippen LogP contribution is 2.25. The number of carbonyl (C=O) groups excluding carboxylic acids is 1. The molecule has 0 aliphatic carbocycles. The van der Waals surface area contributed by atoms with Crippen LogP contribution in [0.15, 0.2) is 4.40 Å². The molecule has 0 amide bonds. The van der Waals surface area contributed by atoms with Crippen molar-refractivity contribution in [1.82, 2.24) is 0 Å². The maximum absolute atomic E-state index is 11.5. The third kappa shape index (κ3) is 6.55. The Balaban J connectivity index is 4.59. The summed E-state index contributed by atoms with van der Waals surface area (Å²) in [7, 11) is 0. The Kier molecular flexibility index (Phi) is 5.95. The highest BCUT2D eigenvalue weighted by atomic mass is 32.2. The number of rotatable bonds is 4. The second-order valence-corrected chi connectivity index (χ2v) is 6.15. The molecule has 88 valence electrons. The van der Waals surface area contributed by atoms with Gasteiger partial charge in [0.1, 0.15) is 5.71 Å². The lowest BCUT2D eigenvalue weighted by molar-refractivity contribution is -0.135. The van der Waals surface area contributed by atoms with Gasteiger partial charge in [-0.2, -0.15) is 0 Å². The molecule has 0 heterocycles. The van der Waals surface area contributed by atoms with E-state index in [9.17, 15) is 4.79 Å². The van der Waals surface area contributed by atoms with Gasteiger partial charge in [0.2, 0.25) is 0 Å². The van der Waals surface area contributed by atoms with E-state index in [1.165, 1.54) is 11.9 Å². The number of esters is 1. The fourth-order valence-corrected chi connectivity index (χ4v) is 1.43. The smallest absolute Gasteiger partial charge is 0.353 e. The molecule has 0 unspecified atom stereocenters. The molecule has 0 rings (SSSR count). The van der Waals surface area contributed by atoms with Crippen LogP contribution in [0.2, 0.25) is 0 Å². The molecule has 0 aromatic heterocycles. The lowest BCUT2D eigenvalue weighted by Gasteiger charge is -2.15. The lowest BCUT2D eigenvalue weighted by Crippen LogP contribution is -2.23. The molecular weight excluding hydrogens is 210 g/mol. The quantitative estimate of drug-likeness (QED) is 0.424. The van der Waals surface area contributed by atoms with Gasteiger partial charge in [0, 0.05) is 10.7 Å². The van der Waals surface area contributed by atoms with E-state index in [0.717, 1.165) is 0 Å². The predicted molar refractivity (Wildman–Crippen MR) is 66.3 cm³/mol. The van der Waals surface area contributed by atoms with Gasteiger partial charge in [0.05, 0.1) is 6.61 Å². The first-order chi connectivity index (χ1) is 6.78. The Morgan fingerprint density at radius 2 is 1.93 bits per heavy atom. The van der Waals surface area contributed by atoms with Crippen molar-refractivity contribution in [1.29, 1.82) is 0 Å². The van der Waals surface area contributed by atoms with Gasteiger partial charge in [-0.3, -0.25) is 0 Å². The fourth-order valence-electron chi connectivity index (χ4n) is 0.770. The molecule has 0 bridgehead atoms. The van der Waals surface area contributed by atoms with E-state index in [1.54, 1.807) is 6.92 Å². The first kappa shape index (κ1) is 14.5. The van der Waals surface area contributed by atoms with Crippen molar-refractivity contribution in [3.63, 3.8) is 0 Å². The Bertz CT molecular complexity index is 241. The summed E-state index contributed by atoms with van der Waals surface area (Å²) in [6.07, 6.45) is 0. The van der Waals surface area contributed by atoms with Gasteiger partial charge in [-0.25, -0.2) is 9.19 Å². The van der Waals surface area contributed by atoms with Gasteiger partial charge < -0.3 is 4.74 Å². The molecule has 0 fully saturated rings. The second kappa shape index (κ2) is 6.16. The highest BCUT2D eigenvalue weighted by molar-refractivity contribution is 7.99. The van der Waals surface area contributed by atoms with E-state index in [2.05, 4.69) is 25.2 Å². The molecule has 0 aromatic carbocycles. The molecule has 0 saturated heterocycles. The monoisotopic (exact) mass is 231 g/mol. The molecule has 0 radical (unpaired) electrons. The summed E-state index contributed by atoms with van der Waals surface area (Å²) >= 11 is 1.41. The zero-order chi connectivity index (χ0) is 12.1. The van der Waals surface area contributed by atoms with Crippen LogP contribution in [-0.2, 0) is 9.53 Å². The van der Waals surface area contributed by atoms with Crippen LogP contribution in [0.1, 0.15) is 41.5 Å². The van der Waals surface area contributed by atoms with E-state index >= 15 is 0 Å². The van der Waals surface area contributed by atoms with Gasteiger partial charge in [-0.05, 0) is 39.6 Å². The van der Waals surface area contributed by atoms with E-state index in [1.807, 2.05) is 13.8 Å². The highest BCUT2D eigenvalue weighted by Gasteiger charge is 2.19. The maximum Gasteiger partial charge on any atom is 0.353 e. The van der Waals surface area contributed by atoms with Crippen LogP contribution in [0.5, 0.6) is 0 Å². The summed E-state index contributed by atoms with van der Waals surface area (Å²) in [5, 5.41) is 0. The second-order valence-electron chi connectivity index (χ2n) is 4.56. The molecule has 0 saturated carbocycles. The van der Waals surface area contributed by atoms with Crippen molar-refractivity contribution >= 4 is 23.6 Å². The lowest BCUT2D eigenvalue weighted by atomic mass is 10.1. The summed E-state index contributed by atoms with van der Waals surface area (Å²) in [5.41, 5.74) is 0.511. The maximum atomic E-state index is 11.5. The summed E-state index contributed by atoms with van der Waals surface area (Å²) in [6, 6.07) is 0. The standard InChI is InChI=1S/C11H21NO2S/c1-7-14-10(13)9(8(2)3)12-15-11(4,5)6/h8H,7H2,1-6H3/b12-9+. The first-order valence-electron chi connectivity index (χ1n) is 5.21. The van der Waals surface area contributed by atoms with Crippen molar-refractivity contribution in [2.75, 3.05) is 6.61 Å². The zero-order valence-corrected chi connectivity index (χ0v) is 11.3. The van der Waals surface area contributed by atoms with Crippen molar-refractivity contribution in [2.24, 2.45) is 10.3 Å². The molecule has 3 nitrogen and oxygen atoms in total. The summed E-state index contributed by atoms with van der Waals surface area (Å²) in [6.45, 7) is 12.3. The summed E-state index contributed by atoms with van der Waals surface area (Å²) < 4.78 is 9.24. The first-order valence-corrected chi connectivity index (χ1v) is 5.98. The molecular formula is C11H21NO2S. The minimum Gasteiger partial charge on any atom is -0.461 e. The predicted octanol–water partition coefficient (Wildman–Crippen LogP) is 3.09. The molecule has 0 aromatic rings. The number of ether oxygens (including phenoxy) is 1. The van der Waals surface area contributed by atoms with Gasteiger partial charge in [-0.15, -0.1) is 0 Å². The summed E-state index contributed by atoms with van der Waals surface area (Å²) in [4.78, 5) is 11.5. The van der Waals surface area contributed by atoms with E-state index in [4.69, 9.17) is 4.74 Å². The van der Waals surface area contributed by atoms with Gasteiger partial charge >= 0.3 is 5.97 Å². The van der Waals surface area contributed by atoms with Crippen LogP contribution >= 0.6 is 11.9 Å². The van der Waals surface area contributed by atoms with Crippen LogP contribution in [0, 0.1) is 5.92 Å². The van der Waals surface area contributed by atoms with Crippen LogP contribution in [0.3, 0.4) is 0 Å². The average molecular weight is 231 g/mol. The normalized spacial score (nSPS) is 13.1. The Hall–Kier alpha value is -0.510. The fraction of sp³-hybridized carbons (Fsp3) is 0.818. The molecule has 0 N–H and O–H groups in total. The number of carbonyl (C=O) groups is 1. The molecule has 0 aliphatic rings. The Morgan fingerprint density at radius 1 is 1.40 bits per heavy atom.